The summed E-state index contributed by atoms with van der Waals surface area (Å²) in [4.78, 5) is 16.4. The largest absolute Gasteiger partial charge is 0.338 e. The molecule has 1 aliphatic heterocycles. The lowest BCUT2D eigenvalue weighted by molar-refractivity contribution is 0.140. The van der Waals surface area contributed by atoms with Gasteiger partial charge in [-0.2, -0.15) is 0 Å². The van der Waals surface area contributed by atoms with Crippen molar-refractivity contribution in [3.63, 3.8) is 0 Å². The highest BCUT2D eigenvalue weighted by atomic mass is 35.5. The Kier molecular flexibility index (Phi) is 7.69. The molecule has 1 aromatic carbocycles. The van der Waals surface area contributed by atoms with Gasteiger partial charge < -0.3 is 10.2 Å². The molecule has 1 saturated heterocycles. The summed E-state index contributed by atoms with van der Waals surface area (Å²) >= 11 is 5.91. The first-order valence-corrected chi connectivity index (χ1v) is 9.06. The van der Waals surface area contributed by atoms with Crippen molar-refractivity contribution in [2.75, 3.05) is 39.3 Å². The van der Waals surface area contributed by atoms with E-state index in [0.29, 0.717) is 0 Å². The zero-order valence-electron chi connectivity index (χ0n) is 14.1. The number of nitrogens with zero attached hydrogens (tertiary/aromatic N) is 2. The van der Waals surface area contributed by atoms with Crippen LogP contribution in [0, 0.1) is 0 Å². The molecule has 0 aromatic heterocycles. The van der Waals surface area contributed by atoms with Crippen LogP contribution in [0.4, 0.5) is 4.79 Å². The van der Waals surface area contributed by atoms with Gasteiger partial charge in [0.25, 0.3) is 0 Å². The number of urea groups is 1. The molecule has 0 aliphatic carbocycles. The Hall–Kier alpha value is -1.26. The van der Waals surface area contributed by atoms with E-state index in [-0.39, 0.29) is 6.03 Å². The average Bonchev–Trinajstić information content (AvgIpc) is 2.58. The maximum atomic E-state index is 12.1. The Bertz CT molecular complexity index is 470. The van der Waals surface area contributed by atoms with E-state index in [1.54, 1.807) is 0 Å². The highest BCUT2D eigenvalue weighted by Crippen LogP contribution is 2.11. The quantitative estimate of drug-likeness (QED) is 0.774. The van der Waals surface area contributed by atoms with Gasteiger partial charge in [-0.15, -0.1) is 0 Å². The number of carbonyl (C=O) groups excluding carboxylic acids is 1. The summed E-state index contributed by atoms with van der Waals surface area (Å²) in [5.41, 5.74) is 1.31. The Morgan fingerprint density at radius 3 is 2.48 bits per heavy atom. The van der Waals surface area contributed by atoms with E-state index in [9.17, 15) is 4.79 Å². The molecule has 1 heterocycles. The lowest BCUT2D eigenvalue weighted by Gasteiger charge is -2.34. The van der Waals surface area contributed by atoms with Crippen molar-refractivity contribution in [3.05, 3.63) is 34.9 Å². The first-order chi connectivity index (χ1) is 11.2. The van der Waals surface area contributed by atoms with Gasteiger partial charge in [0.1, 0.15) is 0 Å². The lowest BCUT2D eigenvalue weighted by atomic mass is 10.1. The van der Waals surface area contributed by atoms with Crippen molar-refractivity contribution in [1.29, 1.82) is 0 Å². The van der Waals surface area contributed by atoms with Crippen molar-refractivity contribution < 1.29 is 4.79 Å². The predicted octanol–water partition coefficient (Wildman–Crippen LogP) is 3.40. The number of unbranched alkanes of at least 4 members (excludes halogenated alkanes) is 2. The minimum absolute atomic E-state index is 0.0958. The van der Waals surface area contributed by atoms with Gasteiger partial charge in [0.15, 0.2) is 0 Å². The number of rotatable bonds is 7. The number of amides is 2. The van der Waals surface area contributed by atoms with E-state index in [2.05, 4.69) is 29.3 Å². The fourth-order valence-electron chi connectivity index (χ4n) is 2.79. The van der Waals surface area contributed by atoms with Crippen LogP contribution in [0.2, 0.25) is 5.02 Å². The van der Waals surface area contributed by atoms with Gasteiger partial charge in [0.2, 0.25) is 0 Å². The molecule has 23 heavy (non-hydrogen) atoms. The third kappa shape index (κ3) is 6.40. The van der Waals surface area contributed by atoms with E-state index in [4.69, 9.17) is 11.6 Å². The predicted molar refractivity (Wildman–Crippen MR) is 96.1 cm³/mol. The molecule has 5 heteroatoms. The molecule has 1 aromatic rings. The first-order valence-electron chi connectivity index (χ1n) is 8.68. The van der Waals surface area contributed by atoms with Crippen molar-refractivity contribution in [1.82, 2.24) is 15.1 Å². The second-order valence-corrected chi connectivity index (χ2v) is 6.58. The summed E-state index contributed by atoms with van der Waals surface area (Å²) in [6.07, 6.45) is 4.46. The summed E-state index contributed by atoms with van der Waals surface area (Å²) in [6.45, 7) is 7.55. The molecule has 1 fully saturated rings. The van der Waals surface area contributed by atoms with E-state index in [1.165, 1.54) is 18.4 Å². The van der Waals surface area contributed by atoms with Crippen LogP contribution in [0.3, 0.4) is 0 Å². The fraction of sp³-hybridized carbons (Fsp3) is 0.611. The van der Waals surface area contributed by atoms with Crippen LogP contribution in [0.25, 0.3) is 0 Å². The fourth-order valence-corrected chi connectivity index (χ4v) is 2.92. The van der Waals surface area contributed by atoms with Gasteiger partial charge >= 0.3 is 6.03 Å². The maximum Gasteiger partial charge on any atom is 0.317 e. The molecule has 1 aliphatic rings. The summed E-state index contributed by atoms with van der Waals surface area (Å²) in [6, 6.07) is 8.15. The van der Waals surface area contributed by atoms with Gasteiger partial charge in [-0.25, -0.2) is 4.79 Å². The number of hydrogen-bond acceptors (Lipinski definition) is 2. The summed E-state index contributed by atoms with van der Waals surface area (Å²) in [7, 11) is 0. The lowest BCUT2D eigenvalue weighted by Crippen LogP contribution is -2.52. The van der Waals surface area contributed by atoms with Gasteiger partial charge in [0, 0.05) is 44.3 Å². The average molecular weight is 338 g/mol. The molecule has 2 rings (SSSR count). The monoisotopic (exact) mass is 337 g/mol. The third-order valence-electron chi connectivity index (χ3n) is 4.35. The number of piperazine rings is 1. The molecule has 0 bridgehead atoms. The van der Waals surface area contributed by atoms with E-state index >= 15 is 0 Å². The Morgan fingerprint density at radius 1 is 1.13 bits per heavy atom. The van der Waals surface area contributed by atoms with Gasteiger partial charge in [-0.05, 0) is 30.5 Å². The molecule has 0 atom stereocenters. The molecule has 4 nitrogen and oxygen atoms in total. The van der Waals surface area contributed by atoms with Crippen LogP contribution in [-0.4, -0.2) is 55.1 Å². The second kappa shape index (κ2) is 9.78. The molecule has 0 radical (unpaired) electrons. The molecular weight excluding hydrogens is 310 g/mol. The van der Waals surface area contributed by atoms with Crippen LogP contribution >= 0.6 is 11.6 Å². The van der Waals surface area contributed by atoms with Crippen molar-refractivity contribution in [3.8, 4) is 0 Å². The number of benzene rings is 1. The molecule has 0 spiro atoms. The molecule has 0 saturated carbocycles. The number of carbonyl (C=O) groups is 1. The van der Waals surface area contributed by atoms with Gasteiger partial charge in [-0.3, -0.25) is 4.90 Å². The van der Waals surface area contributed by atoms with E-state index < -0.39 is 0 Å². The van der Waals surface area contributed by atoms with Crippen molar-refractivity contribution in [2.45, 2.75) is 32.6 Å². The Labute approximate surface area is 144 Å². The SMILES string of the molecule is CCCCCNC(=O)N1CCN(CCc2ccc(Cl)cc2)CC1. The summed E-state index contributed by atoms with van der Waals surface area (Å²) < 4.78 is 0. The van der Waals surface area contributed by atoms with Crippen LogP contribution in [0.15, 0.2) is 24.3 Å². The van der Waals surface area contributed by atoms with Crippen LogP contribution in [0.5, 0.6) is 0 Å². The molecule has 0 unspecified atom stereocenters. The third-order valence-corrected chi connectivity index (χ3v) is 4.60. The topological polar surface area (TPSA) is 35.6 Å². The normalized spacial score (nSPS) is 15.7. The zero-order valence-corrected chi connectivity index (χ0v) is 14.8. The van der Waals surface area contributed by atoms with Crippen molar-refractivity contribution in [2.24, 2.45) is 0 Å². The molecule has 1 N–H and O–H groups in total. The summed E-state index contributed by atoms with van der Waals surface area (Å²) in [5, 5.41) is 3.81. The van der Waals surface area contributed by atoms with E-state index in [1.807, 2.05) is 17.0 Å². The molecule has 128 valence electrons. The summed E-state index contributed by atoms with van der Waals surface area (Å²) in [5.74, 6) is 0. The zero-order chi connectivity index (χ0) is 16.5. The number of hydrogen-bond donors (Lipinski definition) is 1. The number of halogens is 1. The van der Waals surface area contributed by atoms with Crippen LogP contribution in [0.1, 0.15) is 31.7 Å². The van der Waals surface area contributed by atoms with Crippen LogP contribution in [-0.2, 0) is 6.42 Å². The van der Waals surface area contributed by atoms with Gasteiger partial charge in [0.05, 0.1) is 0 Å². The second-order valence-electron chi connectivity index (χ2n) is 6.14. The highest BCUT2D eigenvalue weighted by Gasteiger charge is 2.20. The molecular formula is C18H28ClN3O. The van der Waals surface area contributed by atoms with E-state index in [0.717, 1.165) is 57.1 Å². The molecule has 2 amide bonds. The van der Waals surface area contributed by atoms with Crippen molar-refractivity contribution >= 4 is 17.6 Å². The Balaban J connectivity index is 1.63. The van der Waals surface area contributed by atoms with Crippen LogP contribution < -0.4 is 5.32 Å². The minimum atomic E-state index is 0.0958. The highest BCUT2D eigenvalue weighted by molar-refractivity contribution is 6.30. The standard InChI is InChI=1S/C18H28ClN3O/c1-2-3-4-10-20-18(23)22-14-12-21(13-15-22)11-9-16-5-7-17(19)8-6-16/h5-8H,2-4,9-15H2,1H3,(H,20,23). The first kappa shape index (κ1) is 18.1. The number of nitrogens with one attached hydrogen (secondary N) is 1. The smallest absolute Gasteiger partial charge is 0.317 e. The minimum Gasteiger partial charge on any atom is -0.338 e. The van der Waals surface area contributed by atoms with Gasteiger partial charge in [-0.1, -0.05) is 43.5 Å². The Morgan fingerprint density at radius 2 is 1.83 bits per heavy atom. The maximum absolute atomic E-state index is 12.1.